The van der Waals surface area contributed by atoms with E-state index >= 15 is 0 Å². The summed E-state index contributed by atoms with van der Waals surface area (Å²) in [7, 11) is -3.48. The van der Waals surface area contributed by atoms with Crippen molar-refractivity contribution >= 4 is 38.6 Å². The quantitative estimate of drug-likeness (QED) is 0.661. The molecular weight excluding hydrogens is 404 g/mol. The number of piperidine rings is 1. The fourth-order valence-corrected chi connectivity index (χ4v) is 6.05. The third kappa shape index (κ3) is 3.98. The van der Waals surface area contributed by atoms with Gasteiger partial charge in [-0.3, -0.25) is 9.89 Å². The molecule has 0 saturated carbocycles. The molecule has 2 N–H and O–H groups in total. The maximum atomic E-state index is 12.7. The molecule has 1 fully saturated rings. The lowest BCUT2D eigenvalue weighted by atomic mass is 10.1. The first-order valence-electron chi connectivity index (χ1n) is 8.47. The van der Waals surface area contributed by atoms with Crippen molar-refractivity contribution in [1.82, 2.24) is 19.8 Å². The van der Waals surface area contributed by atoms with E-state index < -0.39 is 10.0 Å². The van der Waals surface area contributed by atoms with E-state index in [2.05, 4.69) is 14.9 Å². The fourth-order valence-electron chi connectivity index (χ4n) is 3.05. The second-order valence-electron chi connectivity index (χ2n) is 6.26. The Morgan fingerprint density at radius 1 is 1.19 bits per heavy atom. The van der Waals surface area contributed by atoms with Gasteiger partial charge in [-0.25, -0.2) is 13.1 Å². The first-order chi connectivity index (χ1) is 13.0. The largest absolute Gasteiger partial charge is 0.337 e. The molecule has 7 nitrogen and oxygen atoms in total. The molecular formula is C17H18N4O3S3. The number of carbonyl (C=O) groups excluding carboxylic acids is 1. The number of aromatic nitrogens is 2. The first kappa shape index (κ1) is 18.4. The Bertz CT molecular complexity index is 1000. The Labute approximate surface area is 165 Å². The highest BCUT2D eigenvalue weighted by molar-refractivity contribution is 7.91. The summed E-state index contributed by atoms with van der Waals surface area (Å²) >= 11 is 2.78. The summed E-state index contributed by atoms with van der Waals surface area (Å²) in [5, 5.41) is 10.8. The molecule has 0 aromatic carbocycles. The summed E-state index contributed by atoms with van der Waals surface area (Å²) in [6.45, 7) is 0.995. The number of nitrogens with one attached hydrogen (secondary N) is 2. The molecule has 0 atom stereocenters. The number of thiophene rings is 2. The zero-order valence-electron chi connectivity index (χ0n) is 14.3. The average Bonchev–Trinajstić information content (AvgIpc) is 3.43. The number of hydrogen-bond acceptors (Lipinski definition) is 6. The minimum Gasteiger partial charge on any atom is -0.337 e. The molecule has 1 aliphatic rings. The van der Waals surface area contributed by atoms with Gasteiger partial charge in [-0.1, -0.05) is 12.1 Å². The number of amides is 1. The fraction of sp³-hybridized carbons (Fsp3) is 0.294. The first-order valence-corrected chi connectivity index (χ1v) is 11.7. The van der Waals surface area contributed by atoms with E-state index in [1.54, 1.807) is 39.8 Å². The number of sulfonamides is 1. The maximum Gasteiger partial charge on any atom is 0.274 e. The maximum absolute atomic E-state index is 12.7. The number of aromatic amines is 1. The average molecular weight is 423 g/mol. The van der Waals surface area contributed by atoms with Crippen LogP contribution in [0.5, 0.6) is 0 Å². The van der Waals surface area contributed by atoms with Crippen molar-refractivity contribution in [3.63, 3.8) is 0 Å². The van der Waals surface area contributed by atoms with Crippen LogP contribution in [0.2, 0.25) is 0 Å². The molecule has 0 radical (unpaired) electrons. The topological polar surface area (TPSA) is 95.2 Å². The van der Waals surface area contributed by atoms with Crippen LogP contribution in [0.4, 0.5) is 0 Å². The summed E-state index contributed by atoms with van der Waals surface area (Å²) in [6.07, 6.45) is 1.16. The molecule has 0 unspecified atom stereocenters. The summed E-state index contributed by atoms with van der Waals surface area (Å²) in [6, 6.07) is 8.83. The summed E-state index contributed by atoms with van der Waals surface area (Å²) in [5.41, 5.74) is 1.21. The second-order valence-corrected chi connectivity index (χ2v) is 10.1. The lowest BCUT2D eigenvalue weighted by Crippen LogP contribution is -2.46. The van der Waals surface area contributed by atoms with Crippen molar-refractivity contribution in [2.24, 2.45) is 0 Å². The number of likely N-dealkylation sites (tertiary alicyclic amines) is 1. The molecule has 3 aromatic rings. The zero-order chi connectivity index (χ0) is 18.9. The molecule has 0 spiro atoms. The monoisotopic (exact) mass is 422 g/mol. The van der Waals surface area contributed by atoms with E-state index in [1.807, 2.05) is 17.5 Å². The molecule has 27 heavy (non-hydrogen) atoms. The highest BCUT2D eigenvalue weighted by atomic mass is 32.2. The predicted octanol–water partition coefficient (Wildman–Crippen LogP) is 2.78. The van der Waals surface area contributed by atoms with Gasteiger partial charge in [-0.2, -0.15) is 5.10 Å². The van der Waals surface area contributed by atoms with Gasteiger partial charge < -0.3 is 4.90 Å². The van der Waals surface area contributed by atoms with Gasteiger partial charge >= 0.3 is 0 Å². The Kier molecular flexibility index (Phi) is 5.13. The smallest absolute Gasteiger partial charge is 0.274 e. The Morgan fingerprint density at radius 3 is 2.59 bits per heavy atom. The molecule has 142 valence electrons. The van der Waals surface area contributed by atoms with Crippen molar-refractivity contribution in [2.45, 2.75) is 23.1 Å². The van der Waals surface area contributed by atoms with E-state index in [1.165, 1.54) is 11.3 Å². The Hall–Kier alpha value is -2.01. The van der Waals surface area contributed by atoms with E-state index in [-0.39, 0.29) is 11.9 Å². The highest BCUT2D eigenvalue weighted by Crippen LogP contribution is 2.24. The molecule has 0 bridgehead atoms. The number of H-pyrrole nitrogens is 1. The van der Waals surface area contributed by atoms with Crippen LogP contribution >= 0.6 is 22.7 Å². The van der Waals surface area contributed by atoms with E-state index in [9.17, 15) is 13.2 Å². The van der Waals surface area contributed by atoms with Crippen molar-refractivity contribution in [3.8, 4) is 10.6 Å². The minimum atomic E-state index is -3.48. The van der Waals surface area contributed by atoms with Crippen molar-refractivity contribution in [2.75, 3.05) is 13.1 Å². The SMILES string of the molecule is O=C(c1cc(-c2cccs2)[nH]n1)N1CCC(NS(=O)(=O)c2cccs2)CC1. The normalized spacial score (nSPS) is 15.9. The van der Waals surface area contributed by atoms with Crippen molar-refractivity contribution < 1.29 is 13.2 Å². The molecule has 1 amide bonds. The van der Waals surface area contributed by atoms with Gasteiger partial charge in [0.1, 0.15) is 4.21 Å². The van der Waals surface area contributed by atoms with Crippen molar-refractivity contribution in [1.29, 1.82) is 0 Å². The van der Waals surface area contributed by atoms with Gasteiger partial charge in [0.05, 0.1) is 10.6 Å². The van der Waals surface area contributed by atoms with Crippen molar-refractivity contribution in [3.05, 3.63) is 46.8 Å². The summed E-state index contributed by atoms with van der Waals surface area (Å²) < 4.78 is 27.7. The number of nitrogens with zero attached hydrogens (tertiary/aromatic N) is 2. The van der Waals surface area contributed by atoms with Crippen LogP contribution in [0, 0.1) is 0 Å². The van der Waals surface area contributed by atoms with E-state index in [0.29, 0.717) is 35.8 Å². The van der Waals surface area contributed by atoms with Gasteiger partial charge in [-0.05, 0) is 41.8 Å². The standard InChI is InChI=1S/C17H18N4O3S3/c22-17(14-11-13(18-19-14)15-3-1-9-25-15)21-7-5-12(6-8-21)20-27(23,24)16-4-2-10-26-16/h1-4,9-12,20H,5-8H2,(H,18,19). The molecule has 1 aliphatic heterocycles. The molecule has 10 heteroatoms. The highest BCUT2D eigenvalue weighted by Gasteiger charge is 2.28. The lowest BCUT2D eigenvalue weighted by molar-refractivity contribution is 0.0705. The molecule has 4 heterocycles. The lowest BCUT2D eigenvalue weighted by Gasteiger charge is -2.31. The predicted molar refractivity (Wildman–Crippen MR) is 105 cm³/mol. The third-order valence-corrected chi connectivity index (χ3v) is 8.27. The van der Waals surface area contributed by atoms with Gasteiger partial charge in [0, 0.05) is 19.1 Å². The van der Waals surface area contributed by atoms with E-state index in [4.69, 9.17) is 0 Å². The second kappa shape index (κ2) is 7.55. The van der Waals surface area contributed by atoms with Crippen LogP contribution < -0.4 is 4.72 Å². The van der Waals surface area contributed by atoms with Crippen LogP contribution in [-0.4, -0.2) is 48.6 Å². The Balaban J connectivity index is 1.36. The zero-order valence-corrected chi connectivity index (χ0v) is 16.7. The minimum absolute atomic E-state index is 0.131. The van der Waals surface area contributed by atoms with Crippen LogP contribution in [-0.2, 0) is 10.0 Å². The third-order valence-electron chi connectivity index (χ3n) is 4.45. The number of hydrogen-bond donors (Lipinski definition) is 2. The van der Waals surface area contributed by atoms with Crippen LogP contribution in [0.25, 0.3) is 10.6 Å². The van der Waals surface area contributed by atoms with Crippen LogP contribution in [0.3, 0.4) is 0 Å². The van der Waals surface area contributed by atoms with E-state index in [0.717, 1.165) is 10.6 Å². The summed E-state index contributed by atoms with van der Waals surface area (Å²) in [4.78, 5) is 15.4. The van der Waals surface area contributed by atoms with Gasteiger partial charge in [0.2, 0.25) is 10.0 Å². The van der Waals surface area contributed by atoms with Crippen LogP contribution in [0.1, 0.15) is 23.3 Å². The van der Waals surface area contributed by atoms with Gasteiger partial charge in [0.25, 0.3) is 5.91 Å². The number of rotatable bonds is 5. The van der Waals surface area contributed by atoms with Gasteiger partial charge in [-0.15, -0.1) is 22.7 Å². The summed E-state index contributed by atoms with van der Waals surface area (Å²) in [5.74, 6) is -0.131. The van der Waals surface area contributed by atoms with Gasteiger partial charge in [0.15, 0.2) is 5.69 Å². The molecule has 0 aliphatic carbocycles. The molecule has 3 aromatic heterocycles. The van der Waals surface area contributed by atoms with Crippen LogP contribution in [0.15, 0.2) is 45.3 Å². The Morgan fingerprint density at radius 2 is 1.93 bits per heavy atom. The number of carbonyl (C=O) groups is 1. The molecule has 4 rings (SSSR count). The molecule has 1 saturated heterocycles.